The maximum atomic E-state index is 12.6. The lowest BCUT2D eigenvalue weighted by molar-refractivity contribution is -0.138. The van der Waals surface area contributed by atoms with Gasteiger partial charge in [-0.25, -0.2) is 4.79 Å². The fraction of sp³-hybridized carbons (Fsp3) is 0.125. The van der Waals surface area contributed by atoms with Gasteiger partial charge in [0.2, 0.25) is 0 Å². The second kappa shape index (κ2) is 7.06. The largest absolute Gasteiger partial charge is 0.416 e. The van der Waals surface area contributed by atoms with Gasteiger partial charge in [-0.3, -0.25) is 4.79 Å². The van der Waals surface area contributed by atoms with Crippen LogP contribution in [0.1, 0.15) is 31.8 Å². The molecule has 0 aliphatic rings. The highest BCUT2D eigenvalue weighted by Crippen LogP contribution is 2.30. The van der Waals surface area contributed by atoms with E-state index in [1.54, 1.807) is 5.48 Å². The summed E-state index contributed by atoms with van der Waals surface area (Å²) in [7, 11) is 0. The van der Waals surface area contributed by atoms with E-state index >= 15 is 0 Å². The predicted octanol–water partition coefficient (Wildman–Crippen LogP) is 4.23. The highest BCUT2D eigenvalue weighted by molar-refractivity contribution is 5.96. The van der Waals surface area contributed by atoms with E-state index in [9.17, 15) is 35.9 Å². The van der Waals surface area contributed by atoms with E-state index in [1.807, 2.05) is 0 Å². The summed E-state index contributed by atoms with van der Waals surface area (Å²) in [4.78, 5) is 27.8. The fourth-order valence-corrected chi connectivity index (χ4v) is 1.84. The van der Waals surface area contributed by atoms with Gasteiger partial charge >= 0.3 is 18.3 Å². The van der Waals surface area contributed by atoms with Gasteiger partial charge in [-0.15, -0.1) is 0 Å². The number of rotatable bonds is 2. The highest BCUT2D eigenvalue weighted by atomic mass is 19.4. The molecule has 0 fully saturated rings. The second-order valence-corrected chi connectivity index (χ2v) is 4.97. The molecule has 1 N–H and O–H groups in total. The van der Waals surface area contributed by atoms with Gasteiger partial charge in [0, 0.05) is 5.56 Å². The van der Waals surface area contributed by atoms with Crippen molar-refractivity contribution in [3.05, 3.63) is 70.8 Å². The van der Waals surface area contributed by atoms with Crippen LogP contribution < -0.4 is 5.48 Å². The Bertz CT molecular complexity index is 812. The molecule has 2 aromatic rings. The van der Waals surface area contributed by atoms with Crippen LogP contribution in [-0.4, -0.2) is 11.9 Å². The first-order chi connectivity index (χ1) is 12.0. The van der Waals surface area contributed by atoms with E-state index in [1.165, 1.54) is 0 Å². The Labute approximate surface area is 142 Å². The number of hydrogen-bond acceptors (Lipinski definition) is 3. The Balaban J connectivity index is 2.02. The number of hydrogen-bond donors (Lipinski definition) is 1. The van der Waals surface area contributed by atoms with Crippen LogP contribution in [0.2, 0.25) is 0 Å². The summed E-state index contributed by atoms with van der Waals surface area (Å²) in [5.41, 5.74) is -1.12. The average Bonchev–Trinajstić information content (AvgIpc) is 2.58. The molecule has 0 saturated carbocycles. The van der Waals surface area contributed by atoms with Crippen LogP contribution in [0.15, 0.2) is 48.5 Å². The van der Waals surface area contributed by atoms with E-state index in [-0.39, 0.29) is 5.56 Å². The third-order valence-electron chi connectivity index (χ3n) is 3.14. The molecule has 0 saturated heterocycles. The summed E-state index contributed by atoms with van der Waals surface area (Å²) < 4.78 is 75.0. The smallest absolute Gasteiger partial charge is 0.335 e. The van der Waals surface area contributed by atoms with Crippen LogP contribution in [0.4, 0.5) is 26.3 Å². The SMILES string of the molecule is O=C(NOC(=O)c1ccc(C(F)(F)F)cc1)c1cccc(C(F)(F)F)c1. The van der Waals surface area contributed by atoms with Gasteiger partial charge in [-0.1, -0.05) is 6.07 Å². The van der Waals surface area contributed by atoms with E-state index in [4.69, 9.17) is 0 Å². The van der Waals surface area contributed by atoms with Crippen molar-refractivity contribution in [1.82, 2.24) is 5.48 Å². The number of carbonyl (C=O) groups excluding carboxylic acids is 2. The lowest BCUT2D eigenvalue weighted by Crippen LogP contribution is -2.27. The molecule has 26 heavy (non-hydrogen) atoms. The molecule has 10 heteroatoms. The molecule has 0 aliphatic heterocycles. The number of alkyl halides is 6. The van der Waals surface area contributed by atoms with Crippen LogP contribution in [-0.2, 0) is 17.2 Å². The number of carbonyl (C=O) groups is 2. The Morgan fingerprint density at radius 1 is 0.769 bits per heavy atom. The standard InChI is InChI=1S/C16H9F6NO3/c17-15(18,19)11-6-4-9(5-7-11)14(25)26-23-13(24)10-2-1-3-12(8-10)16(20,21)22/h1-8H,(H,23,24). The lowest BCUT2D eigenvalue weighted by Gasteiger charge is -2.10. The molecule has 2 aromatic carbocycles. The molecule has 2 rings (SSSR count). The summed E-state index contributed by atoms with van der Waals surface area (Å²) in [6.07, 6.45) is -9.24. The third kappa shape index (κ3) is 4.74. The van der Waals surface area contributed by atoms with E-state index < -0.39 is 40.9 Å². The third-order valence-corrected chi connectivity index (χ3v) is 3.14. The molecule has 0 aromatic heterocycles. The molecule has 0 bridgehead atoms. The van der Waals surface area contributed by atoms with Crippen LogP contribution in [0.5, 0.6) is 0 Å². The van der Waals surface area contributed by atoms with Crippen molar-refractivity contribution in [2.45, 2.75) is 12.4 Å². The summed E-state index contributed by atoms with van der Waals surface area (Å²) in [6.45, 7) is 0. The van der Waals surface area contributed by atoms with Crippen molar-refractivity contribution < 1.29 is 40.8 Å². The van der Waals surface area contributed by atoms with Crippen LogP contribution in [0, 0.1) is 0 Å². The summed E-state index contributed by atoms with van der Waals surface area (Å²) in [5, 5.41) is 0. The van der Waals surface area contributed by atoms with Crippen molar-refractivity contribution in [1.29, 1.82) is 0 Å². The molecule has 1 amide bonds. The number of halogens is 6. The minimum absolute atomic E-state index is 0.289. The quantitative estimate of drug-likeness (QED) is 0.630. The van der Waals surface area contributed by atoms with Gasteiger partial charge in [0.05, 0.1) is 16.7 Å². The molecular formula is C16H9F6NO3. The zero-order valence-electron chi connectivity index (χ0n) is 12.6. The fourth-order valence-electron chi connectivity index (χ4n) is 1.84. The van der Waals surface area contributed by atoms with E-state index in [0.717, 1.165) is 30.3 Å². The minimum Gasteiger partial charge on any atom is -0.335 e. The average molecular weight is 377 g/mol. The molecular weight excluding hydrogens is 368 g/mol. The molecule has 0 heterocycles. The number of nitrogens with one attached hydrogen (secondary N) is 1. The van der Waals surface area contributed by atoms with Gasteiger partial charge in [-0.05, 0) is 42.5 Å². The Hall–Kier alpha value is -3.04. The van der Waals surface area contributed by atoms with Gasteiger partial charge in [0.1, 0.15) is 0 Å². The summed E-state index contributed by atoms with van der Waals surface area (Å²) >= 11 is 0. The normalized spacial score (nSPS) is 11.8. The molecule has 0 spiro atoms. The van der Waals surface area contributed by atoms with Crippen LogP contribution in [0.3, 0.4) is 0 Å². The summed E-state index contributed by atoms with van der Waals surface area (Å²) in [5.74, 6) is -2.31. The summed E-state index contributed by atoms with van der Waals surface area (Å²) in [6, 6.07) is 6.33. The van der Waals surface area contributed by atoms with E-state index in [0.29, 0.717) is 18.2 Å². The zero-order valence-corrected chi connectivity index (χ0v) is 12.6. The Kier molecular flexibility index (Phi) is 5.24. The molecule has 138 valence electrons. The first-order valence-electron chi connectivity index (χ1n) is 6.84. The van der Waals surface area contributed by atoms with Crippen LogP contribution in [0.25, 0.3) is 0 Å². The van der Waals surface area contributed by atoms with Crippen molar-refractivity contribution >= 4 is 11.9 Å². The minimum atomic E-state index is -4.66. The van der Waals surface area contributed by atoms with E-state index in [2.05, 4.69) is 4.84 Å². The highest BCUT2D eigenvalue weighted by Gasteiger charge is 2.31. The number of amides is 1. The van der Waals surface area contributed by atoms with Crippen molar-refractivity contribution in [2.75, 3.05) is 0 Å². The second-order valence-electron chi connectivity index (χ2n) is 4.97. The monoisotopic (exact) mass is 377 g/mol. The molecule has 0 unspecified atom stereocenters. The van der Waals surface area contributed by atoms with Gasteiger partial charge in [0.15, 0.2) is 0 Å². The number of benzene rings is 2. The first kappa shape index (κ1) is 19.3. The van der Waals surface area contributed by atoms with Crippen LogP contribution >= 0.6 is 0 Å². The Morgan fingerprint density at radius 2 is 1.35 bits per heavy atom. The van der Waals surface area contributed by atoms with Crippen molar-refractivity contribution in [2.24, 2.45) is 0 Å². The van der Waals surface area contributed by atoms with Gasteiger partial charge in [0.25, 0.3) is 5.91 Å². The van der Waals surface area contributed by atoms with Crippen molar-refractivity contribution in [3.63, 3.8) is 0 Å². The maximum Gasteiger partial charge on any atom is 0.416 e. The molecule has 0 radical (unpaired) electrons. The van der Waals surface area contributed by atoms with Gasteiger partial charge in [-0.2, -0.15) is 31.8 Å². The zero-order chi connectivity index (χ0) is 19.5. The Morgan fingerprint density at radius 3 is 1.88 bits per heavy atom. The maximum absolute atomic E-state index is 12.6. The molecule has 0 atom stereocenters. The number of hydroxylamine groups is 1. The van der Waals surface area contributed by atoms with Gasteiger partial charge < -0.3 is 4.84 Å². The molecule has 0 aliphatic carbocycles. The first-order valence-corrected chi connectivity index (χ1v) is 6.84. The molecule has 4 nitrogen and oxygen atoms in total. The predicted molar refractivity (Wildman–Crippen MR) is 75.8 cm³/mol. The lowest BCUT2D eigenvalue weighted by atomic mass is 10.1. The van der Waals surface area contributed by atoms with Crippen molar-refractivity contribution in [3.8, 4) is 0 Å². The topological polar surface area (TPSA) is 55.4 Å².